The molecule has 0 unspecified atom stereocenters. The average Bonchev–Trinajstić information content (AvgIpc) is 2.67. The van der Waals surface area contributed by atoms with Gasteiger partial charge in [0.05, 0.1) is 6.54 Å². The van der Waals surface area contributed by atoms with E-state index in [9.17, 15) is 0 Å². The van der Waals surface area contributed by atoms with Crippen molar-refractivity contribution in [3.63, 3.8) is 0 Å². The van der Waals surface area contributed by atoms with Crippen molar-refractivity contribution in [1.82, 2.24) is 5.32 Å². The average molecular weight is 348 g/mol. The molecule has 0 saturated carbocycles. The van der Waals surface area contributed by atoms with Gasteiger partial charge in [0.15, 0.2) is 3.77 Å². The molecule has 2 nitrogen and oxygen atoms in total. The minimum atomic E-state index is 0.716. The summed E-state index contributed by atoms with van der Waals surface area (Å²) in [4.78, 5) is 0. The van der Waals surface area contributed by atoms with Crippen LogP contribution >= 0.6 is 34.2 Å². The molecule has 0 aliphatic rings. The smallest absolute Gasteiger partial charge is 0.164 e. The maximum absolute atomic E-state index is 6.05. The fourth-order valence-electron chi connectivity index (χ4n) is 1.41. The van der Waals surface area contributed by atoms with E-state index >= 15 is 0 Å². The highest BCUT2D eigenvalue weighted by molar-refractivity contribution is 14.1. The summed E-state index contributed by atoms with van der Waals surface area (Å²) >= 11 is 8.20. The van der Waals surface area contributed by atoms with Crippen LogP contribution in [0.1, 0.15) is 11.3 Å². The number of furan rings is 1. The highest BCUT2D eigenvalue weighted by Crippen LogP contribution is 2.15. The van der Waals surface area contributed by atoms with Gasteiger partial charge in [-0.3, -0.25) is 0 Å². The fourth-order valence-corrected chi connectivity index (χ4v) is 2.07. The molecule has 84 valence electrons. The number of benzene rings is 1. The highest BCUT2D eigenvalue weighted by atomic mass is 127. The topological polar surface area (TPSA) is 25.2 Å². The van der Waals surface area contributed by atoms with Crippen LogP contribution in [0.2, 0.25) is 5.02 Å². The third kappa shape index (κ3) is 3.23. The zero-order valence-corrected chi connectivity index (χ0v) is 11.5. The van der Waals surface area contributed by atoms with E-state index in [0.29, 0.717) is 6.54 Å². The molecule has 0 aliphatic carbocycles. The first-order chi connectivity index (χ1) is 7.75. The van der Waals surface area contributed by atoms with Crippen molar-refractivity contribution in [3.05, 3.63) is 56.5 Å². The van der Waals surface area contributed by atoms with Crippen LogP contribution in [0.4, 0.5) is 0 Å². The van der Waals surface area contributed by atoms with Gasteiger partial charge in [0.1, 0.15) is 5.76 Å². The molecule has 0 atom stereocenters. The van der Waals surface area contributed by atoms with Gasteiger partial charge in [-0.05, 0) is 46.4 Å². The summed E-state index contributed by atoms with van der Waals surface area (Å²) < 4.78 is 6.35. The van der Waals surface area contributed by atoms with Gasteiger partial charge in [-0.1, -0.05) is 29.8 Å². The molecule has 0 amide bonds. The molecule has 0 aliphatic heterocycles. The van der Waals surface area contributed by atoms with Crippen LogP contribution in [0, 0.1) is 3.77 Å². The summed E-state index contributed by atoms with van der Waals surface area (Å²) in [5.74, 6) is 0.941. The number of hydrogen-bond donors (Lipinski definition) is 1. The van der Waals surface area contributed by atoms with Gasteiger partial charge >= 0.3 is 0 Å². The lowest BCUT2D eigenvalue weighted by atomic mass is 10.2. The Morgan fingerprint density at radius 3 is 2.62 bits per heavy atom. The molecule has 0 spiro atoms. The molecule has 1 aromatic carbocycles. The second kappa shape index (κ2) is 5.70. The van der Waals surface area contributed by atoms with Crippen LogP contribution < -0.4 is 5.32 Å². The van der Waals surface area contributed by atoms with E-state index in [1.54, 1.807) is 0 Å². The maximum atomic E-state index is 6.05. The molecule has 0 saturated heterocycles. The predicted molar refractivity (Wildman–Crippen MR) is 73.4 cm³/mol. The Hall–Kier alpha value is -0.520. The van der Waals surface area contributed by atoms with Crippen molar-refractivity contribution in [2.24, 2.45) is 0 Å². The van der Waals surface area contributed by atoms with Crippen LogP contribution in [-0.2, 0) is 13.1 Å². The van der Waals surface area contributed by atoms with E-state index in [-0.39, 0.29) is 0 Å². The van der Waals surface area contributed by atoms with Crippen LogP contribution in [0.25, 0.3) is 0 Å². The first kappa shape index (κ1) is 12.0. The van der Waals surface area contributed by atoms with Crippen LogP contribution in [0.5, 0.6) is 0 Å². The van der Waals surface area contributed by atoms with E-state index in [4.69, 9.17) is 16.0 Å². The van der Waals surface area contributed by atoms with Gasteiger partial charge in [0.25, 0.3) is 0 Å². The van der Waals surface area contributed by atoms with Crippen molar-refractivity contribution in [2.45, 2.75) is 13.1 Å². The normalized spacial score (nSPS) is 10.6. The molecule has 0 bridgehead atoms. The van der Waals surface area contributed by atoms with Crippen molar-refractivity contribution in [1.29, 1.82) is 0 Å². The van der Waals surface area contributed by atoms with E-state index in [1.165, 1.54) is 0 Å². The number of rotatable bonds is 4. The molecular formula is C12H11ClINO. The summed E-state index contributed by atoms with van der Waals surface area (Å²) in [5.41, 5.74) is 1.10. The Morgan fingerprint density at radius 2 is 1.94 bits per heavy atom. The number of nitrogens with one attached hydrogen (secondary N) is 1. The zero-order valence-electron chi connectivity index (χ0n) is 8.54. The van der Waals surface area contributed by atoms with Gasteiger partial charge in [-0.25, -0.2) is 0 Å². The summed E-state index contributed by atoms with van der Waals surface area (Å²) in [7, 11) is 0. The Balaban J connectivity index is 1.87. The van der Waals surface area contributed by atoms with Crippen LogP contribution in [-0.4, -0.2) is 0 Å². The minimum Gasteiger partial charge on any atom is -0.454 e. The van der Waals surface area contributed by atoms with E-state index in [2.05, 4.69) is 27.9 Å². The van der Waals surface area contributed by atoms with E-state index in [1.807, 2.05) is 36.4 Å². The van der Waals surface area contributed by atoms with Gasteiger partial charge in [0, 0.05) is 11.6 Å². The van der Waals surface area contributed by atoms with Crippen LogP contribution in [0.15, 0.2) is 40.8 Å². The Bertz CT molecular complexity index is 470. The molecule has 1 N–H and O–H groups in total. The van der Waals surface area contributed by atoms with Gasteiger partial charge < -0.3 is 9.73 Å². The predicted octanol–water partition coefficient (Wildman–Crippen LogP) is 3.83. The minimum absolute atomic E-state index is 0.716. The van der Waals surface area contributed by atoms with Gasteiger partial charge in [-0.2, -0.15) is 0 Å². The third-order valence-electron chi connectivity index (χ3n) is 2.20. The summed E-state index contributed by atoms with van der Waals surface area (Å²) in [5, 5.41) is 4.09. The largest absolute Gasteiger partial charge is 0.454 e. The van der Waals surface area contributed by atoms with Gasteiger partial charge in [0.2, 0.25) is 0 Å². The quantitative estimate of drug-likeness (QED) is 0.851. The lowest BCUT2D eigenvalue weighted by Gasteiger charge is -2.04. The Morgan fingerprint density at radius 1 is 1.12 bits per heavy atom. The molecule has 0 fully saturated rings. The number of halogens is 2. The maximum Gasteiger partial charge on any atom is 0.164 e. The highest BCUT2D eigenvalue weighted by Gasteiger charge is 2.01. The van der Waals surface area contributed by atoms with E-state index in [0.717, 1.165) is 26.7 Å². The molecule has 1 heterocycles. The Kier molecular flexibility index (Phi) is 4.26. The summed E-state index contributed by atoms with van der Waals surface area (Å²) in [6, 6.07) is 11.8. The second-order valence-corrected chi connectivity index (χ2v) is 4.87. The lowest BCUT2D eigenvalue weighted by molar-refractivity contribution is 0.463. The number of hydrogen-bond acceptors (Lipinski definition) is 2. The third-order valence-corrected chi connectivity index (χ3v) is 3.15. The first-order valence-electron chi connectivity index (χ1n) is 4.94. The first-order valence-corrected chi connectivity index (χ1v) is 6.40. The SMILES string of the molecule is Clc1ccccc1CNCc1ccc(I)o1. The fraction of sp³-hybridized carbons (Fsp3) is 0.167. The van der Waals surface area contributed by atoms with E-state index < -0.39 is 0 Å². The zero-order chi connectivity index (χ0) is 11.4. The standard InChI is InChI=1S/C12H11ClINO/c13-11-4-2-1-3-9(11)7-15-8-10-5-6-12(14)16-10/h1-6,15H,7-8H2. The molecule has 4 heteroatoms. The Labute approximate surface area is 113 Å². The van der Waals surface area contributed by atoms with Crippen molar-refractivity contribution in [2.75, 3.05) is 0 Å². The van der Waals surface area contributed by atoms with Crippen molar-refractivity contribution in [3.8, 4) is 0 Å². The molecule has 2 rings (SSSR count). The van der Waals surface area contributed by atoms with Crippen molar-refractivity contribution >= 4 is 34.2 Å². The molecule has 1 aromatic heterocycles. The molecular weight excluding hydrogens is 336 g/mol. The molecule has 16 heavy (non-hydrogen) atoms. The molecule has 0 radical (unpaired) electrons. The summed E-state index contributed by atoms with van der Waals surface area (Å²) in [6.45, 7) is 1.46. The summed E-state index contributed by atoms with van der Waals surface area (Å²) in [6.07, 6.45) is 0. The monoisotopic (exact) mass is 347 g/mol. The second-order valence-electron chi connectivity index (χ2n) is 3.40. The van der Waals surface area contributed by atoms with Crippen molar-refractivity contribution < 1.29 is 4.42 Å². The lowest BCUT2D eigenvalue weighted by Crippen LogP contribution is -2.12. The molecule has 2 aromatic rings. The van der Waals surface area contributed by atoms with Crippen LogP contribution in [0.3, 0.4) is 0 Å². The van der Waals surface area contributed by atoms with Gasteiger partial charge in [-0.15, -0.1) is 0 Å².